The summed E-state index contributed by atoms with van der Waals surface area (Å²) in [5.74, 6) is -1.19. The van der Waals surface area contributed by atoms with Gasteiger partial charge in [-0.3, -0.25) is 19.2 Å². The monoisotopic (exact) mass is 494 g/mol. The molecule has 4 N–H and O–H groups in total. The third-order valence-electron chi connectivity index (χ3n) is 5.75. The first-order valence-corrected chi connectivity index (χ1v) is 12.5. The Morgan fingerprint density at radius 3 is 1.22 bits per heavy atom. The minimum atomic E-state index is -0.641. The first-order valence-electron chi connectivity index (χ1n) is 12.5. The summed E-state index contributed by atoms with van der Waals surface area (Å²) in [6.45, 7) is 8.38. The van der Waals surface area contributed by atoms with Gasteiger partial charge in [-0.1, -0.05) is 64.1 Å². The van der Waals surface area contributed by atoms with Crippen molar-refractivity contribution in [3.63, 3.8) is 0 Å². The molecule has 194 valence electrons. The van der Waals surface area contributed by atoms with Crippen LogP contribution in [-0.4, -0.2) is 48.8 Å². The smallest absolute Gasteiger partial charge is 0.251 e. The summed E-state index contributed by atoms with van der Waals surface area (Å²) in [4.78, 5) is 50.2. The number of hydrogen-bond donors (Lipinski definition) is 4. The summed E-state index contributed by atoms with van der Waals surface area (Å²) in [6, 6.07) is 16.3. The molecule has 0 saturated carbocycles. The van der Waals surface area contributed by atoms with Gasteiger partial charge in [0.25, 0.3) is 11.8 Å². The summed E-state index contributed by atoms with van der Waals surface area (Å²) >= 11 is 0. The molecule has 2 aromatic carbocycles. The van der Waals surface area contributed by atoms with Crippen molar-refractivity contribution in [1.82, 2.24) is 21.3 Å². The summed E-state index contributed by atoms with van der Waals surface area (Å²) in [5, 5.41) is 11.4. The zero-order chi connectivity index (χ0) is 26.5. The SMILES string of the molecule is CC(C)[C@H](NC(=O)c1ccccc1)C(=O)NCCCCNC(=O)[C@@H](NC(=O)c1ccccc1)C(C)C. The highest BCUT2D eigenvalue weighted by atomic mass is 16.2. The first kappa shape index (κ1) is 28.6. The van der Waals surface area contributed by atoms with Crippen LogP contribution in [0.2, 0.25) is 0 Å². The van der Waals surface area contributed by atoms with Crippen LogP contribution in [0.15, 0.2) is 60.7 Å². The molecule has 0 heterocycles. The van der Waals surface area contributed by atoms with E-state index in [-0.39, 0.29) is 35.5 Å². The van der Waals surface area contributed by atoms with Gasteiger partial charge in [-0.2, -0.15) is 0 Å². The van der Waals surface area contributed by atoms with Crippen LogP contribution in [0.5, 0.6) is 0 Å². The van der Waals surface area contributed by atoms with Crippen molar-refractivity contribution in [3.8, 4) is 0 Å². The number of unbranched alkanes of at least 4 members (excludes halogenated alkanes) is 1. The molecule has 2 aromatic rings. The van der Waals surface area contributed by atoms with Gasteiger partial charge in [0.05, 0.1) is 0 Å². The Hall–Kier alpha value is -3.68. The average Bonchev–Trinajstić information content (AvgIpc) is 2.87. The quantitative estimate of drug-likeness (QED) is 0.320. The fourth-order valence-electron chi connectivity index (χ4n) is 3.59. The molecule has 0 saturated heterocycles. The Balaban J connectivity index is 1.73. The maximum absolute atomic E-state index is 12.6. The number of carbonyl (C=O) groups excluding carboxylic acids is 4. The number of benzene rings is 2. The third kappa shape index (κ3) is 9.17. The lowest BCUT2D eigenvalue weighted by atomic mass is 10.0. The lowest BCUT2D eigenvalue weighted by molar-refractivity contribution is -0.124. The van der Waals surface area contributed by atoms with Gasteiger partial charge in [0.1, 0.15) is 12.1 Å². The van der Waals surface area contributed by atoms with Crippen molar-refractivity contribution >= 4 is 23.6 Å². The molecular weight excluding hydrogens is 456 g/mol. The minimum Gasteiger partial charge on any atom is -0.354 e. The van der Waals surface area contributed by atoms with E-state index in [0.717, 1.165) is 0 Å². The number of amides is 4. The van der Waals surface area contributed by atoms with Gasteiger partial charge in [-0.15, -0.1) is 0 Å². The van der Waals surface area contributed by atoms with E-state index >= 15 is 0 Å². The number of carbonyl (C=O) groups is 4. The van der Waals surface area contributed by atoms with E-state index in [2.05, 4.69) is 21.3 Å². The lowest BCUT2D eigenvalue weighted by Gasteiger charge is -2.22. The molecule has 0 unspecified atom stereocenters. The molecule has 0 spiro atoms. The van der Waals surface area contributed by atoms with Gasteiger partial charge < -0.3 is 21.3 Å². The van der Waals surface area contributed by atoms with Crippen LogP contribution in [0.1, 0.15) is 61.3 Å². The Morgan fingerprint density at radius 1 is 0.583 bits per heavy atom. The molecule has 4 amide bonds. The van der Waals surface area contributed by atoms with Gasteiger partial charge in [0, 0.05) is 24.2 Å². The normalized spacial score (nSPS) is 12.5. The molecule has 0 bridgehead atoms. The zero-order valence-electron chi connectivity index (χ0n) is 21.5. The van der Waals surface area contributed by atoms with E-state index in [4.69, 9.17) is 0 Å². The van der Waals surface area contributed by atoms with Gasteiger partial charge in [-0.05, 0) is 48.9 Å². The molecule has 8 nitrogen and oxygen atoms in total. The Labute approximate surface area is 213 Å². The fourth-order valence-corrected chi connectivity index (χ4v) is 3.59. The molecule has 2 rings (SSSR count). The second kappa shape index (κ2) is 14.7. The maximum atomic E-state index is 12.6. The molecule has 0 aromatic heterocycles. The number of hydrogen-bond acceptors (Lipinski definition) is 4. The summed E-state index contributed by atoms with van der Waals surface area (Å²) in [6.07, 6.45) is 1.32. The maximum Gasteiger partial charge on any atom is 0.251 e. The molecular formula is C28H38N4O4. The highest BCUT2D eigenvalue weighted by Crippen LogP contribution is 2.07. The second-order valence-electron chi connectivity index (χ2n) is 9.41. The van der Waals surface area contributed by atoms with E-state index < -0.39 is 12.1 Å². The zero-order valence-corrected chi connectivity index (χ0v) is 21.5. The van der Waals surface area contributed by atoms with Gasteiger partial charge >= 0.3 is 0 Å². The Bertz CT molecular complexity index is 912. The molecule has 36 heavy (non-hydrogen) atoms. The van der Waals surface area contributed by atoms with E-state index in [1.54, 1.807) is 48.5 Å². The molecule has 8 heteroatoms. The Kier molecular flexibility index (Phi) is 11.6. The topological polar surface area (TPSA) is 116 Å². The standard InChI is InChI=1S/C28H38N4O4/c1-19(2)23(31-25(33)21-13-7-5-8-14-21)27(35)29-17-11-12-18-30-28(36)24(20(3)4)32-26(34)22-15-9-6-10-16-22/h5-10,13-16,19-20,23-24H,11-12,17-18H2,1-4H3,(H,29,35)(H,30,36)(H,31,33)(H,32,34)/t23-,24-/m0/s1. The lowest BCUT2D eigenvalue weighted by Crippen LogP contribution is -2.50. The fraction of sp³-hybridized carbons (Fsp3) is 0.429. The summed E-state index contributed by atoms with van der Waals surface area (Å²) < 4.78 is 0. The van der Waals surface area contributed by atoms with Crippen molar-refractivity contribution in [2.75, 3.05) is 13.1 Å². The van der Waals surface area contributed by atoms with Crippen LogP contribution in [0.4, 0.5) is 0 Å². The Morgan fingerprint density at radius 2 is 0.917 bits per heavy atom. The van der Waals surface area contributed by atoms with Crippen LogP contribution in [-0.2, 0) is 9.59 Å². The van der Waals surface area contributed by atoms with Gasteiger partial charge in [0.2, 0.25) is 11.8 Å². The summed E-state index contributed by atoms with van der Waals surface area (Å²) in [7, 11) is 0. The molecule has 0 radical (unpaired) electrons. The van der Waals surface area contributed by atoms with Crippen molar-refractivity contribution in [2.45, 2.75) is 52.6 Å². The number of rotatable bonds is 13. The van der Waals surface area contributed by atoms with Crippen molar-refractivity contribution < 1.29 is 19.2 Å². The van der Waals surface area contributed by atoms with Crippen LogP contribution in [0.3, 0.4) is 0 Å². The predicted molar refractivity (Wildman–Crippen MR) is 140 cm³/mol. The van der Waals surface area contributed by atoms with Crippen LogP contribution in [0, 0.1) is 11.8 Å². The minimum absolute atomic E-state index is 0.0731. The highest BCUT2D eigenvalue weighted by Gasteiger charge is 2.25. The first-order chi connectivity index (χ1) is 17.2. The molecule has 0 aliphatic heterocycles. The summed E-state index contributed by atoms with van der Waals surface area (Å²) in [5.41, 5.74) is 1.01. The predicted octanol–water partition coefficient (Wildman–Crippen LogP) is 2.91. The van der Waals surface area contributed by atoms with Crippen LogP contribution in [0.25, 0.3) is 0 Å². The van der Waals surface area contributed by atoms with Crippen molar-refractivity contribution in [3.05, 3.63) is 71.8 Å². The third-order valence-corrected chi connectivity index (χ3v) is 5.75. The number of nitrogens with one attached hydrogen (secondary N) is 4. The van der Waals surface area contributed by atoms with E-state index in [0.29, 0.717) is 37.1 Å². The highest BCUT2D eigenvalue weighted by molar-refractivity contribution is 5.98. The van der Waals surface area contributed by atoms with Crippen molar-refractivity contribution in [1.29, 1.82) is 0 Å². The second-order valence-corrected chi connectivity index (χ2v) is 9.41. The van der Waals surface area contributed by atoms with Crippen LogP contribution >= 0.6 is 0 Å². The average molecular weight is 495 g/mol. The van der Waals surface area contributed by atoms with Gasteiger partial charge in [-0.25, -0.2) is 0 Å². The molecule has 0 aliphatic carbocycles. The van der Waals surface area contributed by atoms with Crippen molar-refractivity contribution in [2.24, 2.45) is 11.8 Å². The molecule has 0 aliphatic rings. The van der Waals surface area contributed by atoms with E-state index in [9.17, 15) is 19.2 Å². The largest absolute Gasteiger partial charge is 0.354 e. The molecule has 0 fully saturated rings. The van der Waals surface area contributed by atoms with E-state index in [1.807, 2.05) is 39.8 Å². The van der Waals surface area contributed by atoms with E-state index in [1.165, 1.54) is 0 Å². The van der Waals surface area contributed by atoms with Gasteiger partial charge in [0.15, 0.2) is 0 Å². The molecule has 2 atom stereocenters. The van der Waals surface area contributed by atoms with Crippen LogP contribution < -0.4 is 21.3 Å².